The van der Waals surface area contributed by atoms with E-state index < -0.39 is 40.4 Å². The third kappa shape index (κ3) is 7.15. The summed E-state index contributed by atoms with van der Waals surface area (Å²) < 4.78 is 47.5. The lowest BCUT2D eigenvalue weighted by Crippen LogP contribution is -2.53. The van der Waals surface area contributed by atoms with Crippen LogP contribution in [0.5, 0.6) is 5.75 Å². The molecule has 0 spiro atoms. The van der Waals surface area contributed by atoms with Crippen LogP contribution in [0.4, 0.5) is 10.1 Å². The van der Waals surface area contributed by atoms with Crippen LogP contribution in [0.1, 0.15) is 26.3 Å². The van der Waals surface area contributed by atoms with Crippen molar-refractivity contribution in [2.45, 2.75) is 39.4 Å². The van der Waals surface area contributed by atoms with Gasteiger partial charge in [-0.15, -0.1) is 0 Å². The highest BCUT2D eigenvalue weighted by Gasteiger charge is 2.33. The van der Waals surface area contributed by atoms with Gasteiger partial charge in [-0.25, -0.2) is 8.70 Å². The average Bonchev–Trinajstić information content (AvgIpc) is 2.80. The molecule has 0 heterocycles. The molecule has 2 aromatic rings. The van der Waals surface area contributed by atoms with Crippen LogP contribution >= 0.6 is 0 Å². The molecule has 1 N–H and O–H groups in total. The predicted molar refractivity (Wildman–Crippen MR) is 133 cm³/mol. The summed E-state index contributed by atoms with van der Waals surface area (Å²) in [7, 11) is -0.108. The number of carbonyl (C=O) groups excluding carboxylic acids is 2. The number of benzene rings is 2. The number of para-hydroxylation sites is 1. The van der Waals surface area contributed by atoms with Crippen LogP contribution in [0, 0.1) is 5.82 Å². The van der Waals surface area contributed by atoms with E-state index >= 15 is 0 Å². The first kappa shape index (κ1) is 28.1. The summed E-state index contributed by atoms with van der Waals surface area (Å²) >= 11 is 0. The molecule has 2 aromatic carbocycles. The van der Waals surface area contributed by atoms with E-state index in [1.807, 2.05) is 0 Å². The molecule has 192 valence electrons. The standard InChI is InChI=1S/C24H33FN4O5S/c1-17(2)26-24(31)18(3)28(15-19-11-13-20(34-6)14-12-19)23(30)16-29(35(32,33)27(4)5)22-10-8-7-9-21(22)25/h7-14,17-18H,15-16H2,1-6H3,(H,26,31)/t18-/m1/s1. The van der Waals surface area contributed by atoms with E-state index in [-0.39, 0.29) is 18.3 Å². The largest absolute Gasteiger partial charge is 0.497 e. The molecule has 9 nitrogen and oxygen atoms in total. The van der Waals surface area contributed by atoms with Crippen LogP contribution in [0.25, 0.3) is 0 Å². The van der Waals surface area contributed by atoms with Gasteiger partial charge in [-0.1, -0.05) is 24.3 Å². The first-order valence-electron chi connectivity index (χ1n) is 11.1. The molecule has 1 atom stereocenters. The minimum Gasteiger partial charge on any atom is -0.497 e. The van der Waals surface area contributed by atoms with Crippen molar-refractivity contribution >= 4 is 27.7 Å². The highest BCUT2D eigenvalue weighted by molar-refractivity contribution is 7.90. The molecule has 0 saturated heterocycles. The number of carbonyl (C=O) groups is 2. The van der Waals surface area contributed by atoms with E-state index in [0.29, 0.717) is 15.6 Å². The second kappa shape index (κ2) is 12.0. The van der Waals surface area contributed by atoms with Gasteiger partial charge in [-0.2, -0.15) is 12.7 Å². The van der Waals surface area contributed by atoms with Crippen molar-refractivity contribution < 1.29 is 27.1 Å². The van der Waals surface area contributed by atoms with Gasteiger partial charge in [0.05, 0.1) is 12.8 Å². The molecule has 2 amide bonds. The van der Waals surface area contributed by atoms with Crippen molar-refractivity contribution in [2.24, 2.45) is 0 Å². The lowest BCUT2D eigenvalue weighted by molar-refractivity contribution is -0.139. The summed E-state index contributed by atoms with van der Waals surface area (Å²) in [5.41, 5.74) is 0.439. The summed E-state index contributed by atoms with van der Waals surface area (Å²) in [4.78, 5) is 27.6. The number of nitrogens with one attached hydrogen (secondary N) is 1. The first-order valence-corrected chi connectivity index (χ1v) is 12.5. The van der Waals surface area contributed by atoms with Crippen LogP contribution in [0.15, 0.2) is 48.5 Å². The van der Waals surface area contributed by atoms with E-state index in [1.54, 1.807) is 45.0 Å². The first-order chi connectivity index (χ1) is 16.4. The Morgan fingerprint density at radius 1 is 1.03 bits per heavy atom. The van der Waals surface area contributed by atoms with Crippen molar-refractivity contribution in [3.05, 3.63) is 59.9 Å². The molecule has 0 radical (unpaired) electrons. The lowest BCUT2D eigenvalue weighted by Gasteiger charge is -2.33. The molecule has 0 saturated carbocycles. The van der Waals surface area contributed by atoms with Gasteiger partial charge in [0.25, 0.3) is 0 Å². The van der Waals surface area contributed by atoms with Gasteiger partial charge in [-0.3, -0.25) is 9.59 Å². The minimum atomic E-state index is -4.23. The van der Waals surface area contributed by atoms with Crippen LogP contribution in [-0.2, 0) is 26.3 Å². The molecular formula is C24H33FN4O5S. The van der Waals surface area contributed by atoms with Crippen molar-refractivity contribution in [1.29, 1.82) is 0 Å². The maximum absolute atomic E-state index is 14.6. The van der Waals surface area contributed by atoms with Crippen LogP contribution in [-0.4, -0.2) is 69.3 Å². The number of ether oxygens (including phenoxy) is 1. The molecule has 35 heavy (non-hydrogen) atoms. The Morgan fingerprint density at radius 3 is 2.14 bits per heavy atom. The number of hydrogen-bond donors (Lipinski definition) is 1. The fraction of sp³-hybridized carbons (Fsp3) is 0.417. The number of anilines is 1. The summed E-state index contributed by atoms with van der Waals surface area (Å²) in [6.45, 7) is 4.49. The molecule has 2 rings (SSSR count). The SMILES string of the molecule is COc1ccc(CN(C(=O)CN(c2ccccc2F)S(=O)(=O)N(C)C)[C@H](C)C(=O)NC(C)C)cc1. The highest BCUT2D eigenvalue weighted by Crippen LogP contribution is 2.24. The van der Waals surface area contributed by atoms with Crippen molar-refractivity contribution in [3.8, 4) is 5.75 Å². The Hall–Kier alpha value is -3.18. The molecule has 0 fully saturated rings. The predicted octanol–water partition coefficient (Wildman–Crippen LogP) is 2.39. The van der Waals surface area contributed by atoms with Gasteiger partial charge in [0.15, 0.2) is 0 Å². The average molecular weight is 509 g/mol. The Bertz CT molecular complexity index is 1120. The lowest BCUT2D eigenvalue weighted by atomic mass is 10.1. The Labute approximate surface area is 206 Å². The van der Waals surface area contributed by atoms with Crippen LogP contribution in [0.3, 0.4) is 0 Å². The smallest absolute Gasteiger partial charge is 0.304 e. The van der Waals surface area contributed by atoms with Gasteiger partial charge in [0.2, 0.25) is 11.8 Å². The van der Waals surface area contributed by atoms with Gasteiger partial charge < -0.3 is 15.0 Å². The van der Waals surface area contributed by atoms with Crippen molar-refractivity contribution in [2.75, 3.05) is 32.1 Å². The molecular weight excluding hydrogens is 475 g/mol. The number of amides is 2. The molecule has 0 aromatic heterocycles. The number of methoxy groups -OCH3 is 1. The van der Waals surface area contributed by atoms with E-state index in [9.17, 15) is 22.4 Å². The topological polar surface area (TPSA) is 99.3 Å². The van der Waals surface area contributed by atoms with Gasteiger partial charge in [0, 0.05) is 26.7 Å². The zero-order valence-electron chi connectivity index (χ0n) is 20.9. The van der Waals surface area contributed by atoms with E-state index in [0.717, 1.165) is 10.4 Å². The van der Waals surface area contributed by atoms with E-state index in [1.165, 1.54) is 44.3 Å². The molecule has 0 aliphatic rings. The molecule has 0 aliphatic carbocycles. The number of hydrogen-bond acceptors (Lipinski definition) is 5. The summed E-state index contributed by atoms with van der Waals surface area (Å²) in [6.07, 6.45) is 0. The molecule has 0 aliphatic heterocycles. The summed E-state index contributed by atoms with van der Waals surface area (Å²) in [5, 5.41) is 2.77. The monoisotopic (exact) mass is 508 g/mol. The van der Waals surface area contributed by atoms with Crippen LogP contribution < -0.4 is 14.4 Å². The zero-order valence-corrected chi connectivity index (χ0v) is 21.7. The number of rotatable bonds is 11. The third-order valence-corrected chi connectivity index (χ3v) is 7.06. The van der Waals surface area contributed by atoms with Crippen LogP contribution in [0.2, 0.25) is 0 Å². The molecule has 0 bridgehead atoms. The Balaban J connectivity index is 2.46. The van der Waals surface area contributed by atoms with E-state index in [2.05, 4.69) is 5.32 Å². The van der Waals surface area contributed by atoms with E-state index in [4.69, 9.17) is 4.74 Å². The second-order valence-corrected chi connectivity index (χ2v) is 10.5. The normalized spacial score (nSPS) is 12.4. The Morgan fingerprint density at radius 2 is 1.63 bits per heavy atom. The summed E-state index contributed by atoms with van der Waals surface area (Å²) in [5.74, 6) is -1.23. The van der Waals surface area contributed by atoms with Gasteiger partial charge in [0.1, 0.15) is 24.2 Å². The quantitative estimate of drug-likeness (QED) is 0.503. The van der Waals surface area contributed by atoms with Crippen molar-refractivity contribution in [3.63, 3.8) is 0 Å². The summed E-state index contributed by atoms with van der Waals surface area (Å²) in [6, 6.07) is 11.2. The maximum Gasteiger partial charge on any atom is 0.304 e. The maximum atomic E-state index is 14.6. The highest BCUT2D eigenvalue weighted by atomic mass is 32.2. The van der Waals surface area contributed by atoms with Crippen molar-refractivity contribution in [1.82, 2.24) is 14.5 Å². The zero-order chi connectivity index (χ0) is 26.3. The fourth-order valence-electron chi connectivity index (χ4n) is 3.27. The molecule has 11 heteroatoms. The second-order valence-electron chi connectivity index (χ2n) is 8.46. The fourth-order valence-corrected chi connectivity index (χ4v) is 4.34. The Kier molecular flexibility index (Phi) is 9.61. The molecule has 0 unspecified atom stereocenters. The number of halogens is 1. The third-order valence-electron chi connectivity index (χ3n) is 5.25. The number of nitrogens with zero attached hydrogens (tertiary/aromatic N) is 3. The van der Waals surface area contributed by atoms with Gasteiger partial charge in [-0.05, 0) is 50.6 Å². The van der Waals surface area contributed by atoms with Gasteiger partial charge >= 0.3 is 10.2 Å². The minimum absolute atomic E-state index is 0.0304.